The molecule has 1 aliphatic carbocycles. The second-order valence-electron chi connectivity index (χ2n) is 5.60. The second-order valence-corrected chi connectivity index (χ2v) is 5.60. The largest absolute Gasteiger partial charge is 0.327 e. The summed E-state index contributed by atoms with van der Waals surface area (Å²) in [5.74, 6) is 1.01. The van der Waals surface area contributed by atoms with Crippen molar-refractivity contribution in [3.05, 3.63) is 12.2 Å². The van der Waals surface area contributed by atoms with E-state index < -0.39 is 0 Å². The van der Waals surface area contributed by atoms with E-state index in [0.29, 0.717) is 17.9 Å². The first-order chi connectivity index (χ1) is 6.31. The summed E-state index contributed by atoms with van der Waals surface area (Å²) in [5.41, 5.74) is 6.30. The molecule has 0 saturated carbocycles. The molecule has 0 bridgehead atoms. The van der Waals surface area contributed by atoms with Gasteiger partial charge >= 0.3 is 0 Å². The van der Waals surface area contributed by atoms with E-state index in [1.807, 2.05) is 0 Å². The van der Waals surface area contributed by atoms with Crippen molar-refractivity contribution in [3.8, 4) is 0 Å². The lowest BCUT2D eigenvalue weighted by Gasteiger charge is -2.38. The molecular formula is C12H24N2. The number of nitrogens with one attached hydrogen (secondary N) is 1. The molecule has 82 valence electrons. The topological polar surface area (TPSA) is 38.0 Å². The summed E-state index contributed by atoms with van der Waals surface area (Å²) in [6.45, 7) is 11.0. The van der Waals surface area contributed by atoms with Gasteiger partial charge in [0, 0.05) is 17.6 Å². The van der Waals surface area contributed by atoms with Crippen molar-refractivity contribution in [1.29, 1.82) is 0 Å². The lowest BCUT2D eigenvalue weighted by Crippen LogP contribution is -2.53. The van der Waals surface area contributed by atoms with Gasteiger partial charge in [0.1, 0.15) is 0 Å². The van der Waals surface area contributed by atoms with Gasteiger partial charge in [-0.1, -0.05) is 26.0 Å². The zero-order valence-corrected chi connectivity index (χ0v) is 10.0. The van der Waals surface area contributed by atoms with Crippen LogP contribution in [-0.2, 0) is 0 Å². The molecule has 0 aromatic heterocycles. The second kappa shape index (κ2) is 4.03. The highest BCUT2D eigenvalue weighted by Gasteiger charge is 2.30. The average Bonchev–Trinajstić information content (AvgIpc) is 2.04. The quantitative estimate of drug-likeness (QED) is 0.629. The van der Waals surface area contributed by atoms with E-state index in [2.05, 4.69) is 52.1 Å². The molecule has 0 fully saturated rings. The Balaban J connectivity index is 2.67. The molecule has 3 N–H and O–H groups in total. The van der Waals surface area contributed by atoms with Crippen molar-refractivity contribution in [2.75, 3.05) is 0 Å². The first-order valence-corrected chi connectivity index (χ1v) is 5.53. The molecule has 0 aromatic carbocycles. The average molecular weight is 196 g/mol. The Bertz CT molecular complexity index is 215. The Morgan fingerprint density at radius 2 is 1.71 bits per heavy atom. The van der Waals surface area contributed by atoms with Crippen LogP contribution < -0.4 is 11.1 Å². The Labute approximate surface area is 87.9 Å². The van der Waals surface area contributed by atoms with Gasteiger partial charge in [0.05, 0.1) is 0 Å². The van der Waals surface area contributed by atoms with Gasteiger partial charge in [-0.15, -0.1) is 0 Å². The summed E-state index contributed by atoms with van der Waals surface area (Å²) in [5, 5.41) is 3.59. The molecule has 0 spiro atoms. The summed E-state index contributed by atoms with van der Waals surface area (Å²) in [6, 6.07) is 0.695. The summed E-state index contributed by atoms with van der Waals surface area (Å²) in [4.78, 5) is 0. The van der Waals surface area contributed by atoms with Crippen LogP contribution in [0.4, 0.5) is 0 Å². The van der Waals surface area contributed by atoms with E-state index in [1.54, 1.807) is 0 Å². The third-order valence-electron chi connectivity index (χ3n) is 3.00. The maximum atomic E-state index is 6.14. The Hall–Kier alpha value is -0.340. The van der Waals surface area contributed by atoms with Gasteiger partial charge in [-0.2, -0.15) is 0 Å². The fourth-order valence-electron chi connectivity index (χ4n) is 2.00. The van der Waals surface area contributed by atoms with Gasteiger partial charge in [-0.25, -0.2) is 0 Å². The van der Waals surface area contributed by atoms with Crippen LogP contribution in [0.1, 0.15) is 34.6 Å². The Morgan fingerprint density at radius 1 is 1.14 bits per heavy atom. The van der Waals surface area contributed by atoms with Gasteiger partial charge in [-0.05, 0) is 32.6 Å². The van der Waals surface area contributed by atoms with Crippen molar-refractivity contribution in [3.63, 3.8) is 0 Å². The van der Waals surface area contributed by atoms with Gasteiger partial charge in [-0.3, -0.25) is 0 Å². The Morgan fingerprint density at radius 3 is 2.21 bits per heavy atom. The van der Waals surface area contributed by atoms with Crippen molar-refractivity contribution >= 4 is 0 Å². The molecular weight excluding hydrogens is 172 g/mol. The normalized spacial score (nSPS) is 38.7. The molecule has 2 nitrogen and oxygen atoms in total. The van der Waals surface area contributed by atoms with Gasteiger partial charge < -0.3 is 11.1 Å². The fraction of sp³-hybridized carbons (Fsp3) is 0.833. The van der Waals surface area contributed by atoms with E-state index in [4.69, 9.17) is 5.73 Å². The van der Waals surface area contributed by atoms with Crippen LogP contribution in [-0.4, -0.2) is 17.6 Å². The minimum atomic E-state index is 0.156. The molecule has 0 saturated heterocycles. The highest BCUT2D eigenvalue weighted by atomic mass is 15.0. The van der Waals surface area contributed by atoms with Crippen LogP contribution in [0, 0.1) is 11.8 Å². The molecule has 0 aromatic rings. The number of hydrogen-bond donors (Lipinski definition) is 2. The van der Waals surface area contributed by atoms with Crippen molar-refractivity contribution in [2.24, 2.45) is 17.6 Å². The minimum Gasteiger partial charge on any atom is -0.327 e. The molecule has 1 rings (SSSR count). The smallest absolute Gasteiger partial charge is 0.0295 e. The van der Waals surface area contributed by atoms with Gasteiger partial charge in [0.15, 0.2) is 0 Å². The SMILES string of the molecule is CC1C=CC(NC(C)(C)C)C(C)C1N. The lowest BCUT2D eigenvalue weighted by atomic mass is 9.80. The molecule has 2 heteroatoms. The number of nitrogens with two attached hydrogens (primary N) is 1. The van der Waals surface area contributed by atoms with Crippen molar-refractivity contribution in [2.45, 2.75) is 52.2 Å². The molecule has 1 aliphatic rings. The lowest BCUT2D eigenvalue weighted by molar-refractivity contribution is 0.264. The van der Waals surface area contributed by atoms with Gasteiger partial charge in [0.25, 0.3) is 0 Å². The first-order valence-electron chi connectivity index (χ1n) is 5.53. The van der Waals surface area contributed by atoms with E-state index >= 15 is 0 Å². The molecule has 14 heavy (non-hydrogen) atoms. The maximum Gasteiger partial charge on any atom is 0.0295 e. The molecule has 4 atom stereocenters. The third kappa shape index (κ3) is 2.82. The first kappa shape index (κ1) is 11.7. The zero-order valence-electron chi connectivity index (χ0n) is 10.0. The van der Waals surface area contributed by atoms with Crippen LogP contribution in [0.3, 0.4) is 0 Å². The molecule has 0 radical (unpaired) electrons. The van der Waals surface area contributed by atoms with E-state index in [9.17, 15) is 0 Å². The number of rotatable bonds is 1. The van der Waals surface area contributed by atoms with E-state index in [-0.39, 0.29) is 11.6 Å². The van der Waals surface area contributed by atoms with Crippen LogP contribution in [0.15, 0.2) is 12.2 Å². The van der Waals surface area contributed by atoms with Crippen molar-refractivity contribution < 1.29 is 0 Å². The highest BCUT2D eigenvalue weighted by molar-refractivity contribution is 5.09. The van der Waals surface area contributed by atoms with E-state index in [0.717, 1.165) is 0 Å². The molecule has 0 aliphatic heterocycles. The summed E-state index contributed by atoms with van der Waals surface area (Å²) >= 11 is 0. The fourth-order valence-corrected chi connectivity index (χ4v) is 2.00. The van der Waals surface area contributed by atoms with Crippen LogP contribution in [0.2, 0.25) is 0 Å². The molecule has 0 heterocycles. The van der Waals surface area contributed by atoms with Crippen LogP contribution >= 0.6 is 0 Å². The van der Waals surface area contributed by atoms with E-state index in [1.165, 1.54) is 0 Å². The zero-order chi connectivity index (χ0) is 10.9. The predicted octanol–water partition coefficient (Wildman–Crippen LogP) is 1.91. The summed E-state index contributed by atoms with van der Waals surface area (Å²) in [7, 11) is 0. The summed E-state index contributed by atoms with van der Waals surface area (Å²) < 4.78 is 0. The van der Waals surface area contributed by atoms with Crippen molar-refractivity contribution in [1.82, 2.24) is 5.32 Å². The Kier molecular flexibility index (Phi) is 3.38. The standard InChI is InChI=1S/C12H24N2/c1-8-6-7-10(9(2)11(8)13)14-12(3,4)5/h6-11,14H,13H2,1-5H3. The monoisotopic (exact) mass is 196 g/mol. The third-order valence-corrected chi connectivity index (χ3v) is 3.00. The molecule has 4 unspecified atom stereocenters. The van der Waals surface area contributed by atoms with Crippen LogP contribution in [0.5, 0.6) is 0 Å². The summed E-state index contributed by atoms with van der Waals surface area (Å²) in [6.07, 6.45) is 4.50. The maximum absolute atomic E-state index is 6.14. The predicted molar refractivity (Wildman–Crippen MR) is 62.1 cm³/mol. The highest BCUT2D eigenvalue weighted by Crippen LogP contribution is 2.23. The number of hydrogen-bond acceptors (Lipinski definition) is 2. The molecule has 0 amide bonds. The van der Waals surface area contributed by atoms with Crippen LogP contribution in [0.25, 0.3) is 0 Å². The van der Waals surface area contributed by atoms with Gasteiger partial charge in [0.2, 0.25) is 0 Å². The minimum absolute atomic E-state index is 0.156.